The third-order valence-corrected chi connectivity index (χ3v) is 5.16. The molecule has 0 aromatic heterocycles. The van der Waals surface area contributed by atoms with Crippen molar-refractivity contribution < 1.29 is 19.2 Å². The van der Waals surface area contributed by atoms with Gasteiger partial charge < -0.3 is 19.7 Å². The molecule has 3 rings (SSSR count). The molecule has 0 saturated heterocycles. The molecule has 2 aromatic rings. The zero-order valence-electron chi connectivity index (χ0n) is 15.9. The predicted molar refractivity (Wildman–Crippen MR) is 102 cm³/mol. The summed E-state index contributed by atoms with van der Waals surface area (Å²) in [6.45, 7) is 5.57. The average Bonchev–Trinajstić information content (AvgIpc) is 2.65. The van der Waals surface area contributed by atoms with Crippen molar-refractivity contribution in [3.05, 3.63) is 53.1 Å². The molecule has 0 bridgehead atoms. The fourth-order valence-corrected chi connectivity index (χ4v) is 3.58. The van der Waals surface area contributed by atoms with E-state index in [0.29, 0.717) is 6.54 Å². The van der Waals surface area contributed by atoms with E-state index in [0.717, 1.165) is 30.2 Å². The van der Waals surface area contributed by atoms with Crippen LogP contribution in [0.15, 0.2) is 36.4 Å². The number of amides is 1. The molecular formula is C21H27N2O3+. The normalized spacial score (nSPS) is 18.8. The van der Waals surface area contributed by atoms with E-state index in [9.17, 15) is 4.79 Å². The summed E-state index contributed by atoms with van der Waals surface area (Å²) in [4.78, 5) is 13.7. The fraction of sp³-hybridized carbons (Fsp3) is 0.381. The zero-order chi connectivity index (χ0) is 18.7. The van der Waals surface area contributed by atoms with Crippen molar-refractivity contribution in [3.63, 3.8) is 0 Å². The molecular weight excluding hydrogens is 328 g/mol. The topological polar surface area (TPSA) is 52.0 Å². The molecule has 0 aliphatic carbocycles. The molecule has 2 atom stereocenters. The highest BCUT2D eigenvalue weighted by atomic mass is 16.5. The Kier molecular flexibility index (Phi) is 5.47. The Hall–Kier alpha value is -2.53. The first-order valence-electron chi connectivity index (χ1n) is 8.97. The summed E-state index contributed by atoms with van der Waals surface area (Å²) in [5, 5.41) is 3.00. The third kappa shape index (κ3) is 3.83. The molecule has 26 heavy (non-hydrogen) atoms. The van der Waals surface area contributed by atoms with Gasteiger partial charge in [-0.05, 0) is 43.7 Å². The summed E-state index contributed by atoms with van der Waals surface area (Å²) in [6.07, 6.45) is 0.924. The van der Waals surface area contributed by atoms with Gasteiger partial charge in [-0.25, -0.2) is 0 Å². The van der Waals surface area contributed by atoms with Gasteiger partial charge in [-0.2, -0.15) is 0 Å². The second-order valence-corrected chi connectivity index (χ2v) is 6.88. The number of rotatable bonds is 5. The van der Waals surface area contributed by atoms with Gasteiger partial charge in [0.25, 0.3) is 5.91 Å². The Morgan fingerprint density at radius 1 is 1.15 bits per heavy atom. The van der Waals surface area contributed by atoms with Gasteiger partial charge in [-0.1, -0.05) is 17.7 Å². The molecule has 2 aromatic carbocycles. The minimum Gasteiger partial charge on any atom is -0.493 e. The van der Waals surface area contributed by atoms with E-state index in [-0.39, 0.29) is 11.9 Å². The number of fused-ring (bicyclic) bond motifs is 1. The number of ether oxygens (including phenoxy) is 2. The maximum absolute atomic E-state index is 12.5. The largest absolute Gasteiger partial charge is 0.493 e. The van der Waals surface area contributed by atoms with Crippen LogP contribution < -0.4 is 19.7 Å². The van der Waals surface area contributed by atoms with E-state index >= 15 is 0 Å². The number of hydrogen-bond acceptors (Lipinski definition) is 3. The molecule has 1 aliphatic heterocycles. The Morgan fingerprint density at radius 3 is 2.46 bits per heavy atom. The number of aryl methyl sites for hydroxylation is 1. The molecule has 1 amide bonds. The highest BCUT2D eigenvalue weighted by molar-refractivity contribution is 5.91. The molecule has 1 unspecified atom stereocenters. The SMILES string of the molecule is COc1cc2c(cc1OC)[C@@H](C)[NH+](CC(=O)Nc1ccc(C)cc1)CC2. The van der Waals surface area contributed by atoms with Crippen molar-refractivity contribution in [3.8, 4) is 11.5 Å². The number of carbonyl (C=O) groups excluding carboxylic acids is 1. The summed E-state index contributed by atoms with van der Waals surface area (Å²) < 4.78 is 10.8. The number of hydrogen-bond donors (Lipinski definition) is 2. The van der Waals surface area contributed by atoms with E-state index in [1.165, 1.54) is 21.6 Å². The lowest BCUT2D eigenvalue weighted by molar-refractivity contribution is -0.924. The Morgan fingerprint density at radius 2 is 1.81 bits per heavy atom. The van der Waals surface area contributed by atoms with Crippen molar-refractivity contribution >= 4 is 11.6 Å². The van der Waals surface area contributed by atoms with Crippen molar-refractivity contribution in [2.75, 3.05) is 32.6 Å². The lowest BCUT2D eigenvalue weighted by Gasteiger charge is -2.32. The van der Waals surface area contributed by atoms with Gasteiger partial charge in [0.05, 0.1) is 20.8 Å². The second kappa shape index (κ2) is 7.79. The molecule has 0 spiro atoms. The molecule has 1 aliphatic rings. The number of anilines is 1. The van der Waals surface area contributed by atoms with Gasteiger partial charge >= 0.3 is 0 Å². The molecule has 1 heterocycles. The van der Waals surface area contributed by atoms with Gasteiger partial charge in [0.1, 0.15) is 6.04 Å². The number of benzene rings is 2. The average molecular weight is 355 g/mol. The summed E-state index contributed by atoms with van der Waals surface area (Å²) in [7, 11) is 3.31. The van der Waals surface area contributed by atoms with Crippen LogP contribution in [-0.4, -0.2) is 33.2 Å². The van der Waals surface area contributed by atoms with Crippen LogP contribution in [0.25, 0.3) is 0 Å². The van der Waals surface area contributed by atoms with Crippen LogP contribution in [0.1, 0.15) is 29.7 Å². The Balaban J connectivity index is 1.71. The minimum absolute atomic E-state index is 0.0413. The molecule has 0 saturated carbocycles. The van der Waals surface area contributed by atoms with Crippen LogP contribution in [0.2, 0.25) is 0 Å². The molecule has 2 N–H and O–H groups in total. The predicted octanol–water partition coefficient (Wildman–Crippen LogP) is 2.15. The smallest absolute Gasteiger partial charge is 0.279 e. The quantitative estimate of drug-likeness (QED) is 0.864. The number of nitrogens with one attached hydrogen (secondary N) is 2. The van der Waals surface area contributed by atoms with Crippen LogP contribution in [-0.2, 0) is 11.2 Å². The monoisotopic (exact) mass is 355 g/mol. The highest BCUT2D eigenvalue weighted by Gasteiger charge is 2.30. The highest BCUT2D eigenvalue weighted by Crippen LogP contribution is 2.33. The van der Waals surface area contributed by atoms with Gasteiger partial charge in [0.15, 0.2) is 18.0 Å². The summed E-state index contributed by atoms with van der Waals surface area (Å²) in [5.74, 6) is 1.54. The van der Waals surface area contributed by atoms with Crippen molar-refractivity contribution in [1.29, 1.82) is 0 Å². The van der Waals surface area contributed by atoms with E-state index in [1.807, 2.05) is 31.2 Å². The van der Waals surface area contributed by atoms with Crippen LogP contribution >= 0.6 is 0 Å². The first-order chi connectivity index (χ1) is 12.5. The van der Waals surface area contributed by atoms with Crippen LogP contribution in [0.5, 0.6) is 11.5 Å². The summed E-state index contributed by atoms with van der Waals surface area (Å²) in [6, 6.07) is 12.2. The van der Waals surface area contributed by atoms with E-state index in [1.54, 1.807) is 14.2 Å². The lowest BCUT2D eigenvalue weighted by atomic mass is 9.93. The zero-order valence-corrected chi connectivity index (χ0v) is 15.9. The number of carbonyl (C=O) groups is 1. The molecule has 0 fully saturated rings. The van der Waals surface area contributed by atoms with Gasteiger partial charge in [0, 0.05) is 17.7 Å². The van der Waals surface area contributed by atoms with E-state index in [2.05, 4.69) is 24.4 Å². The van der Waals surface area contributed by atoms with Crippen molar-refractivity contribution in [2.45, 2.75) is 26.3 Å². The maximum atomic E-state index is 12.5. The third-order valence-electron chi connectivity index (χ3n) is 5.16. The first-order valence-corrected chi connectivity index (χ1v) is 8.97. The fourth-order valence-electron chi connectivity index (χ4n) is 3.58. The minimum atomic E-state index is 0.0413. The van der Waals surface area contributed by atoms with Crippen molar-refractivity contribution in [2.24, 2.45) is 0 Å². The standard InChI is InChI=1S/C21H26N2O3/c1-14-5-7-17(8-6-14)22-21(24)13-23-10-9-16-11-19(25-3)20(26-4)12-18(16)15(23)2/h5-8,11-12,15H,9-10,13H2,1-4H3,(H,22,24)/p+1/t15-/m1/s1. The second-order valence-electron chi connectivity index (χ2n) is 6.88. The Labute approximate surface area is 154 Å². The Bertz CT molecular complexity index is 787. The van der Waals surface area contributed by atoms with Crippen LogP contribution in [0, 0.1) is 6.92 Å². The molecule has 5 heteroatoms. The molecule has 5 nitrogen and oxygen atoms in total. The summed E-state index contributed by atoms with van der Waals surface area (Å²) in [5.41, 5.74) is 4.53. The molecule has 138 valence electrons. The maximum Gasteiger partial charge on any atom is 0.279 e. The van der Waals surface area contributed by atoms with Gasteiger partial charge in [-0.3, -0.25) is 4.79 Å². The van der Waals surface area contributed by atoms with Gasteiger partial charge in [-0.15, -0.1) is 0 Å². The van der Waals surface area contributed by atoms with E-state index in [4.69, 9.17) is 9.47 Å². The number of quaternary nitrogens is 1. The summed E-state index contributed by atoms with van der Waals surface area (Å²) >= 11 is 0. The van der Waals surface area contributed by atoms with Crippen LogP contribution in [0.4, 0.5) is 5.69 Å². The lowest BCUT2D eigenvalue weighted by Crippen LogP contribution is -3.14. The van der Waals surface area contributed by atoms with Gasteiger partial charge in [0.2, 0.25) is 0 Å². The van der Waals surface area contributed by atoms with E-state index < -0.39 is 0 Å². The first kappa shape index (κ1) is 18.3. The van der Waals surface area contributed by atoms with Crippen molar-refractivity contribution in [1.82, 2.24) is 0 Å². The number of methoxy groups -OCH3 is 2. The molecule has 0 radical (unpaired) electrons. The van der Waals surface area contributed by atoms with Crippen LogP contribution in [0.3, 0.4) is 0 Å².